The molecule has 1 unspecified atom stereocenters. The van der Waals surface area contributed by atoms with E-state index in [1.165, 1.54) is 17.5 Å². The van der Waals surface area contributed by atoms with Gasteiger partial charge in [0, 0.05) is 25.2 Å². The van der Waals surface area contributed by atoms with Gasteiger partial charge in [-0.1, -0.05) is 13.8 Å². The predicted octanol–water partition coefficient (Wildman–Crippen LogP) is 1.77. The SMILES string of the molecule is COc1cc([N+](=O)[O-])ccc1S(=O)(=O)N1CCC(N)C(C)(C)C1.Cl. The Bertz CT molecular complexity index is 723. The minimum atomic E-state index is -3.81. The average molecular weight is 380 g/mol. The Labute approximate surface area is 147 Å². The molecule has 2 N–H and O–H groups in total. The number of nitro benzene ring substituents is 1. The first-order chi connectivity index (χ1) is 10.6. The summed E-state index contributed by atoms with van der Waals surface area (Å²) >= 11 is 0. The first kappa shape index (κ1) is 20.6. The van der Waals surface area contributed by atoms with Crippen molar-refractivity contribution in [1.29, 1.82) is 0 Å². The Balaban J connectivity index is 0.00000288. The minimum Gasteiger partial charge on any atom is -0.495 e. The van der Waals surface area contributed by atoms with Crippen LogP contribution in [-0.2, 0) is 10.0 Å². The molecule has 0 saturated carbocycles. The van der Waals surface area contributed by atoms with Crippen LogP contribution in [0.5, 0.6) is 5.75 Å². The Hall–Kier alpha value is -1.42. The third kappa shape index (κ3) is 3.80. The van der Waals surface area contributed by atoms with E-state index in [0.29, 0.717) is 13.0 Å². The lowest BCUT2D eigenvalue weighted by molar-refractivity contribution is -0.385. The van der Waals surface area contributed by atoms with Gasteiger partial charge in [-0.3, -0.25) is 10.1 Å². The zero-order chi connectivity index (χ0) is 17.4. The van der Waals surface area contributed by atoms with Crippen LogP contribution in [0.3, 0.4) is 0 Å². The maximum Gasteiger partial charge on any atom is 0.273 e. The van der Waals surface area contributed by atoms with Gasteiger partial charge in [0.1, 0.15) is 10.6 Å². The summed E-state index contributed by atoms with van der Waals surface area (Å²) < 4.78 is 32.2. The van der Waals surface area contributed by atoms with Crippen LogP contribution >= 0.6 is 12.4 Å². The second kappa shape index (κ2) is 7.22. The molecule has 1 heterocycles. The fourth-order valence-electron chi connectivity index (χ4n) is 2.65. The quantitative estimate of drug-likeness (QED) is 0.629. The molecule has 0 spiro atoms. The second-order valence-corrected chi connectivity index (χ2v) is 8.22. The predicted molar refractivity (Wildman–Crippen MR) is 92.0 cm³/mol. The molecule has 0 radical (unpaired) electrons. The molecule has 1 aromatic carbocycles. The smallest absolute Gasteiger partial charge is 0.273 e. The lowest BCUT2D eigenvalue weighted by Gasteiger charge is -2.41. The molecule has 0 bridgehead atoms. The largest absolute Gasteiger partial charge is 0.495 e. The van der Waals surface area contributed by atoms with E-state index in [1.54, 1.807) is 0 Å². The number of hydrogen-bond donors (Lipinski definition) is 1. The molecule has 1 aliphatic rings. The number of nitrogens with two attached hydrogens (primary N) is 1. The second-order valence-electron chi connectivity index (χ2n) is 6.31. The van der Waals surface area contributed by atoms with Gasteiger partial charge in [0.05, 0.1) is 18.1 Å². The molecule has 1 aliphatic heterocycles. The van der Waals surface area contributed by atoms with Gasteiger partial charge in [-0.2, -0.15) is 4.31 Å². The summed E-state index contributed by atoms with van der Waals surface area (Å²) in [5, 5.41) is 10.8. The van der Waals surface area contributed by atoms with E-state index in [9.17, 15) is 18.5 Å². The average Bonchev–Trinajstić information content (AvgIpc) is 2.48. The lowest BCUT2D eigenvalue weighted by atomic mass is 9.81. The molecule has 1 atom stereocenters. The summed E-state index contributed by atoms with van der Waals surface area (Å²) in [4.78, 5) is 10.2. The van der Waals surface area contributed by atoms with Crippen LogP contribution in [0.25, 0.3) is 0 Å². The summed E-state index contributed by atoms with van der Waals surface area (Å²) in [6.07, 6.45) is 0.557. The van der Waals surface area contributed by atoms with Crippen molar-refractivity contribution in [2.45, 2.75) is 31.2 Å². The van der Waals surface area contributed by atoms with Crippen molar-refractivity contribution in [2.75, 3.05) is 20.2 Å². The number of hydrogen-bond acceptors (Lipinski definition) is 6. The molecule has 0 amide bonds. The van der Waals surface area contributed by atoms with Gasteiger partial charge in [-0.15, -0.1) is 12.4 Å². The van der Waals surface area contributed by atoms with Gasteiger partial charge in [0.25, 0.3) is 5.69 Å². The van der Waals surface area contributed by atoms with Gasteiger partial charge in [0.15, 0.2) is 0 Å². The van der Waals surface area contributed by atoms with Gasteiger partial charge >= 0.3 is 0 Å². The molecule has 8 nitrogen and oxygen atoms in total. The number of halogens is 1. The molecule has 10 heteroatoms. The highest BCUT2D eigenvalue weighted by molar-refractivity contribution is 7.89. The molecule has 2 rings (SSSR count). The molecule has 1 fully saturated rings. The molecule has 24 heavy (non-hydrogen) atoms. The Morgan fingerprint density at radius 2 is 2.04 bits per heavy atom. The first-order valence-corrected chi connectivity index (χ1v) is 8.62. The van der Waals surface area contributed by atoms with Crippen molar-refractivity contribution in [3.8, 4) is 5.75 Å². The zero-order valence-corrected chi connectivity index (χ0v) is 15.4. The number of nitrogens with zero attached hydrogens (tertiary/aromatic N) is 2. The number of ether oxygens (including phenoxy) is 1. The summed E-state index contributed by atoms with van der Waals surface area (Å²) in [5.41, 5.74) is 5.48. The number of non-ortho nitro benzene ring substituents is 1. The van der Waals surface area contributed by atoms with E-state index < -0.39 is 14.9 Å². The number of methoxy groups -OCH3 is 1. The highest BCUT2D eigenvalue weighted by Gasteiger charge is 2.39. The number of sulfonamides is 1. The zero-order valence-electron chi connectivity index (χ0n) is 13.8. The Morgan fingerprint density at radius 3 is 2.54 bits per heavy atom. The van der Waals surface area contributed by atoms with E-state index in [-0.39, 0.29) is 46.7 Å². The van der Waals surface area contributed by atoms with E-state index in [1.807, 2.05) is 13.8 Å². The van der Waals surface area contributed by atoms with Crippen molar-refractivity contribution in [3.05, 3.63) is 28.3 Å². The maximum atomic E-state index is 12.9. The standard InChI is InChI=1S/C14H21N3O5S.ClH/c1-14(2)9-16(7-6-13(14)15)23(20,21)12-5-4-10(17(18)19)8-11(12)22-3;/h4-5,8,13H,6-7,9,15H2,1-3H3;1H. The summed E-state index contributed by atoms with van der Waals surface area (Å²) in [6.45, 7) is 4.45. The molecule has 0 aromatic heterocycles. The van der Waals surface area contributed by atoms with Crippen molar-refractivity contribution >= 4 is 28.1 Å². The highest BCUT2D eigenvalue weighted by atomic mass is 35.5. The third-order valence-corrected chi connectivity index (χ3v) is 6.14. The highest BCUT2D eigenvalue weighted by Crippen LogP contribution is 2.35. The summed E-state index contributed by atoms with van der Waals surface area (Å²) in [5.74, 6) is -0.0353. The number of piperidine rings is 1. The number of nitro groups is 1. The number of benzene rings is 1. The van der Waals surface area contributed by atoms with E-state index in [4.69, 9.17) is 10.5 Å². The fraction of sp³-hybridized carbons (Fsp3) is 0.571. The molecule has 136 valence electrons. The van der Waals surface area contributed by atoms with Gasteiger partial charge in [-0.25, -0.2) is 8.42 Å². The van der Waals surface area contributed by atoms with Crippen LogP contribution in [0.15, 0.2) is 23.1 Å². The van der Waals surface area contributed by atoms with Crippen LogP contribution in [0.4, 0.5) is 5.69 Å². The summed E-state index contributed by atoms with van der Waals surface area (Å²) in [6, 6.07) is 3.42. The number of rotatable bonds is 4. The van der Waals surface area contributed by atoms with Gasteiger partial charge in [0.2, 0.25) is 10.0 Å². The van der Waals surface area contributed by atoms with Crippen molar-refractivity contribution < 1.29 is 18.1 Å². The summed E-state index contributed by atoms with van der Waals surface area (Å²) in [7, 11) is -2.53. The molecular formula is C14H22ClN3O5S. The van der Waals surface area contributed by atoms with Gasteiger partial charge < -0.3 is 10.5 Å². The van der Waals surface area contributed by atoms with E-state index in [0.717, 1.165) is 12.1 Å². The fourth-order valence-corrected chi connectivity index (χ4v) is 4.41. The van der Waals surface area contributed by atoms with E-state index in [2.05, 4.69) is 0 Å². The van der Waals surface area contributed by atoms with Gasteiger partial charge in [-0.05, 0) is 17.9 Å². The third-order valence-electron chi connectivity index (χ3n) is 4.25. The van der Waals surface area contributed by atoms with Crippen LogP contribution in [-0.4, -0.2) is 43.9 Å². The topological polar surface area (TPSA) is 116 Å². The first-order valence-electron chi connectivity index (χ1n) is 7.18. The minimum absolute atomic E-state index is 0. The molecular weight excluding hydrogens is 358 g/mol. The van der Waals surface area contributed by atoms with Crippen LogP contribution in [0.2, 0.25) is 0 Å². The van der Waals surface area contributed by atoms with Crippen LogP contribution in [0, 0.1) is 15.5 Å². The van der Waals surface area contributed by atoms with Crippen molar-refractivity contribution in [3.63, 3.8) is 0 Å². The molecule has 0 aliphatic carbocycles. The van der Waals surface area contributed by atoms with Crippen molar-refractivity contribution in [1.82, 2.24) is 4.31 Å². The monoisotopic (exact) mass is 379 g/mol. The van der Waals surface area contributed by atoms with Crippen LogP contribution in [0.1, 0.15) is 20.3 Å². The molecule has 1 saturated heterocycles. The van der Waals surface area contributed by atoms with Crippen molar-refractivity contribution in [2.24, 2.45) is 11.1 Å². The Kier molecular flexibility index (Phi) is 6.20. The maximum absolute atomic E-state index is 12.9. The lowest BCUT2D eigenvalue weighted by Crippen LogP contribution is -2.53. The van der Waals surface area contributed by atoms with E-state index >= 15 is 0 Å². The Morgan fingerprint density at radius 1 is 1.42 bits per heavy atom. The molecule has 1 aromatic rings. The normalized spacial score (nSPS) is 20.9. The van der Waals surface area contributed by atoms with Crippen LogP contribution < -0.4 is 10.5 Å².